The van der Waals surface area contributed by atoms with E-state index in [1.807, 2.05) is 4.90 Å². The molecule has 2 unspecified atom stereocenters. The van der Waals surface area contributed by atoms with Crippen LogP contribution in [0, 0.1) is 5.92 Å². The van der Waals surface area contributed by atoms with Crippen LogP contribution in [0.2, 0.25) is 0 Å². The van der Waals surface area contributed by atoms with Crippen LogP contribution in [0.1, 0.15) is 39.0 Å². The number of urea groups is 1. The van der Waals surface area contributed by atoms with Crippen molar-refractivity contribution in [2.24, 2.45) is 5.92 Å². The zero-order valence-corrected chi connectivity index (χ0v) is 10.9. The molecule has 2 rings (SSSR count). The van der Waals surface area contributed by atoms with Gasteiger partial charge in [0.05, 0.1) is 0 Å². The van der Waals surface area contributed by atoms with E-state index in [-0.39, 0.29) is 6.03 Å². The zero-order valence-electron chi connectivity index (χ0n) is 10.9. The average molecular weight is 239 g/mol. The largest absolute Gasteiger partial charge is 0.338 e. The molecule has 0 saturated carbocycles. The molecule has 2 aliphatic rings. The molecule has 2 saturated heterocycles. The predicted molar refractivity (Wildman–Crippen MR) is 69.0 cm³/mol. The van der Waals surface area contributed by atoms with Crippen LogP contribution in [-0.4, -0.2) is 43.2 Å². The molecular formula is C13H25N3O. The van der Waals surface area contributed by atoms with Crippen LogP contribution >= 0.6 is 0 Å². The van der Waals surface area contributed by atoms with Gasteiger partial charge in [0.1, 0.15) is 0 Å². The summed E-state index contributed by atoms with van der Waals surface area (Å²) < 4.78 is 0. The van der Waals surface area contributed by atoms with Gasteiger partial charge in [-0.1, -0.05) is 0 Å². The Morgan fingerprint density at radius 1 is 1.29 bits per heavy atom. The first-order chi connectivity index (χ1) is 8.25. The van der Waals surface area contributed by atoms with Gasteiger partial charge in [-0.2, -0.15) is 0 Å². The average Bonchev–Trinajstić information content (AvgIpc) is 2.39. The Morgan fingerprint density at radius 3 is 2.71 bits per heavy atom. The Kier molecular flexibility index (Phi) is 4.66. The maximum atomic E-state index is 11.9. The quantitative estimate of drug-likeness (QED) is 0.768. The number of nitrogens with one attached hydrogen (secondary N) is 2. The number of likely N-dealkylation sites (tertiary alicyclic amines) is 1. The van der Waals surface area contributed by atoms with Crippen molar-refractivity contribution < 1.29 is 4.79 Å². The van der Waals surface area contributed by atoms with Crippen molar-refractivity contribution in [1.82, 2.24) is 15.5 Å². The highest BCUT2D eigenvalue weighted by atomic mass is 16.2. The van der Waals surface area contributed by atoms with E-state index in [2.05, 4.69) is 17.6 Å². The van der Waals surface area contributed by atoms with Crippen molar-refractivity contribution in [1.29, 1.82) is 0 Å². The Balaban J connectivity index is 1.65. The molecular weight excluding hydrogens is 214 g/mol. The van der Waals surface area contributed by atoms with E-state index < -0.39 is 0 Å². The second-order valence-electron chi connectivity index (χ2n) is 5.49. The molecule has 17 heavy (non-hydrogen) atoms. The van der Waals surface area contributed by atoms with Crippen LogP contribution in [0.15, 0.2) is 0 Å². The molecule has 4 nitrogen and oxygen atoms in total. The van der Waals surface area contributed by atoms with Crippen molar-refractivity contribution >= 4 is 6.03 Å². The van der Waals surface area contributed by atoms with Crippen LogP contribution < -0.4 is 10.6 Å². The highest BCUT2D eigenvalue weighted by Gasteiger charge is 2.20. The van der Waals surface area contributed by atoms with Gasteiger partial charge in [-0.25, -0.2) is 4.79 Å². The monoisotopic (exact) mass is 239 g/mol. The Bertz CT molecular complexity index is 243. The number of carbonyl (C=O) groups is 1. The normalized spacial score (nSPS) is 30.1. The van der Waals surface area contributed by atoms with Gasteiger partial charge in [-0.05, 0) is 51.5 Å². The van der Waals surface area contributed by atoms with Crippen molar-refractivity contribution in [2.45, 2.75) is 45.1 Å². The Morgan fingerprint density at radius 2 is 2.06 bits per heavy atom. The molecule has 2 N–H and O–H groups in total. The minimum Gasteiger partial charge on any atom is -0.338 e. The third-order valence-electron chi connectivity index (χ3n) is 3.95. The number of carbonyl (C=O) groups excluding carboxylic acids is 1. The number of amides is 2. The summed E-state index contributed by atoms with van der Waals surface area (Å²) in [5, 5.41) is 6.55. The molecule has 0 aliphatic carbocycles. The molecule has 2 heterocycles. The van der Waals surface area contributed by atoms with E-state index in [9.17, 15) is 4.79 Å². The maximum absolute atomic E-state index is 11.9. The van der Waals surface area contributed by atoms with E-state index in [1.54, 1.807) is 0 Å². The van der Waals surface area contributed by atoms with Crippen molar-refractivity contribution in [3.8, 4) is 0 Å². The Labute approximate surface area is 104 Å². The van der Waals surface area contributed by atoms with E-state index in [4.69, 9.17) is 0 Å². The third kappa shape index (κ3) is 3.87. The molecule has 2 aliphatic heterocycles. The fourth-order valence-corrected chi connectivity index (χ4v) is 2.67. The van der Waals surface area contributed by atoms with Crippen LogP contribution in [0.3, 0.4) is 0 Å². The lowest BCUT2D eigenvalue weighted by atomic mass is 9.95. The van der Waals surface area contributed by atoms with Gasteiger partial charge in [0, 0.05) is 25.7 Å². The fraction of sp³-hybridized carbons (Fsp3) is 0.923. The van der Waals surface area contributed by atoms with Gasteiger partial charge in [-0.3, -0.25) is 0 Å². The van der Waals surface area contributed by atoms with Gasteiger partial charge in [0.15, 0.2) is 0 Å². The van der Waals surface area contributed by atoms with E-state index in [1.165, 1.54) is 19.3 Å². The SMILES string of the molecule is CC1CCC(CNC(=O)N2CCCCC2)CN1. The van der Waals surface area contributed by atoms with Crippen LogP contribution in [-0.2, 0) is 0 Å². The number of nitrogens with zero attached hydrogens (tertiary/aromatic N) is 1. The minimum atomic E-state index is 0.142. The highest BCUT2D eigenvalue weighted by molar-refractivity contribution is 5.74. The highest BCUT2D eigenvalue weighted by Crippen LogP contribution is 2.13. The lowest BCUT2D eigenvalue weighted by Gasteiger charge is -2.30. The van der Waals surface area contributed by atoms with E-state index >= 15 is 0 Å². The summed E-state index contributed by atoms with van der Waals surface area (Å²) in [7, 11) is 0. The summed E-state index contributed by atoms with van der Waals surface area (Å²) in [6, 6.07) is 0.785. The first-order valence-corrected chi connectivity index (χ1v) is 7.02. The van der Waals surface area contributed by atoms with Crippen molar-refractivity contribution in [2.75, 3.05) is 26.2 Å². The summed E-state index contributed by atoms with van der Waals surface area (Å²) in [6.07, 6.45) is 6.05. The maximum Gasteiger partial charge on any atom is 0.317 e. The second-order valence-corrected chi connectivity index (χ2v) is 5.49. The Hall–Kier alpha value is -0.770. The second kappa shape index (κ2) is 6.24. The van der Waals surface area contributed by atoms with Gasteiger partial charge in [0.2, 0.25) is 0 Å². The van der Waals surface area contributed by atoms with Gasteiger partial charge < -0.3 is 15.5 Å². The lowest BCUT2D eigenvalue weighted by molar-refractivity contribution is 0.183. The number of hydrogen-bond donors (Lipinski definition) is 2. The molecule has 0 spiro atoms. The zero-order chi connectivity index (χ0) is 12.1. The van der Waals surface area contributed by atoms with Crippen LogP contribution in [0.5, 0.6) is 0 Å². The first kappa shape index (κ1) is 12.7. The smallest absolute Gasteiger partial charge is 0.317 e. The standard InChI is InChI=1S/C13H25N3O/c1-11-5-6-12(9-14-11)10-15-13(17)16-7-3-2-4-8-16/h11-12,14H,2-10H2,1H3,(H,15,17). The molecule has 0 aromatic rings. The first-order valence-electron chi connectivity index (χ1n) is 7.02. The third-order valence-corrected chi connectivity index (χ3v) is 3.95. The molecule has 98 valence electrons. The molecule has 0 aromatic carbocycles. The number of hydrogen-bond acceptors (Lipinski definition) is 2. The molecule has 2 fully saturated rings. The molecule has 0 aromatic heterocycles. The van der Waals surface area contributed by atoms with Gasteiger partial charge in [-0.15, -0.1) is 0 Å². The van der Waals surface area contributed by atoms with Crippen molar-refractivity contribution in [3.63, 3.8) is 0 Å². The molecule has 2 amide bonds. The molecule has 0 bridgehead atoms. The van der Waals surface area contributed by atoms with E-state index in [0.29, 0.717) is 12.0 Å². The molecule has 4 heteroatoms. The van der Waals surface area contributed by atoms with Gasteiger partial charge in [0.25, 0.3) is 0 Å². The number of rotatable bonds is 2. The van der Waals surface area contributed by atoms with Crippen LogP contribution in [0.4, 0.5) is 4.79 Å². The summed E-state index contributed by atoms with van der Waals surface area (Å²) in [4.78, 5) is 13.9. The topological polar surface area (TPSA) is 44.4 Å². The minimum absolute atomic E-state index is 0.142. The van der Waals surface area contributed by atoms with Crippen LogP contribution in [0.25, 0.3) is 0 Å². The molecule has 2 atom stereocenters. The van der Waals surface area contributed by atoms with Gasteiger partial charge >= 0.3 is 6.03 Å². The fourth-order valence-electron chi connectivity index (χ4n) is 2.67. The summed E-state index contributed by atoms with van der Waals surface area (Å²) in [6.45, 7) is 5.97. The number of piperidine rings is 2. The van der Waals surface area contributed by atoms with E-state index in [0.717, 1.165) is 39.0 Å². The summed E-state index contributed by atoms with van der Waals surface area (Å²) in [5.74, 6) is 0.611. The molecule has 0 radical (unpaired) electrons. The summed E-state index contributed by atoms with van der Waals surface area (Å²) in [5.41, 5.74) is 0. The van der Waals surface area contributed by atoms with Crippen molar-refractivity contribution in [3.05, 3.63) is 0 Å². The predicted octanol–water partition coefficient (Wildman–Crippen LogP) is 1.57. The lowest BCUT2D eigenvalue weighted by Crippen LogP contribution is -2.47. The summed E-state index contributed by atoms with van der Waals surface area (Å²) >= 11 is 0.